The molecule has 3 fully saturated rings. The van der Waals surface area contributed by atoms with Crippen LogP contribution in [0.15, 0.2) is 12.1 Å². The molecule has 4 aliphatic rings. The molecule has 0 unspecified atom stereocenters. The molecule has 3 heterocycles. The van der Waals surface area contributed by atoms with E-state index < -0.39 is 59.1 Å². The molecule has 47 heavy (non-hydrogen) atoms. The number of halogens is 2. The first-order chi connectivity index (χ1) is 22.2. The highest BCUT2D eigenvalue weighted by Gasteiger charge is 2.46. The van der Waals surface area contributed by atoms with Crippen molar-refractivity contribution in [3.8, 4) is 5.75 Å². The number of hydrogen-bond acceptors (Lipinski definition) is 6. The number of nitrogens with one attached hydrogen (secondary N) is 2. The fraction of sp³-hybridized carbons (Fsp3) is 0.706. The van der Waals surface area contributed by atoms with Gasteiger partial charge < -0.3 is 25.4 Å². The van der Waals surface area contributed by atoms with Gasteiger partial charge in [-0.1, -0.05) is 40.0 Å². The average molecular weight is 662 g/mol. The van der Waals surface area contributed by atoms with Gasteiger partial charge in [0.1, 0.15) is 35.5 Å². The van der Waals surface area contributed by atoms with Crippen LogP contribution in [0.4, 0.5) is 13.6 Å². The Labute approximate surface area is 275 Å². The predicted octanol–water partition coefficient (Wildman–Crippen LogP) is 4.06. The molecule has 3 aliphatic heterocycles. The molecule has 2 saturated heterocycles. The lowest BCUT2D eigenvalue weighted by molar-refractivity contribution is -0.150. The van der Waals surface area contributed by atoms with Crippen LogP contribution in [-0.4, -0.2) is 101 Å². The van der Waals surface area contributed by atoms with Crippen molar-refractivity contribution in [3.63, 3.8) is 0 Å². The van der Waals surface area contributed by atoms with Gasteiger partial charge in [0.15, 0.2) is 0 Å². The molecule has 4 amide bonds. The lowest BCUT2D eigenvalue weighted by Gasteiger charge is -2.45. The lowest BCUT2D eigenvalue weighted by atomic mass is 9.82. The monoisotopic (exact) mass is 661 g/mol. The Hall–Kier alpha value is -3.48. The van der Waals surface area contributed by atoms with Gasteiger partial charge in [-0.25, -0.2) is 13.6 Å². The number of ether oxygens (including phenoxy) is 1. The van der Waals surface area contributed by atoms with Crippen LogP contribution in [0.2, 0.25) is 0 Å². The minimum Gasteiger partial charge on any atom is -0.493 e. The van der Waals surface area contributed by atoms with Gasteiger partial charge in [-0.2, -0.15) is 0 Å². The molecule has 5 rings (SSSR count). The molecule has 0 spiro atoms. The van der Waals surface area contributed by atoms with E-state index in [0.29, 0.717) is 13.1 Å². The normalized spacial score (nSPS) is 24.7. The quantitative estimate of drug-likeness (QED) is 0.383. The van der Waals surface area contributed by atoms with E-state index in [1.54, 1.807) is 4.90 Å². The van der Waals surface area contributed by atoms with Gasteiger partial charge >= 0.3 is 6.09 Å². The maximum atomic E-state index is 14.9. The molecule has 0 radical (unpaired) electrons. The summed E-state index contributed by atoms with van der Waals surface area (Å²) in [7, 11) is 0. The lowest BCUT2D eigenvalue weighted by Crippen LogP contribution is -2.66. The number of carbonyl (C=O) groups is 4. The summed E-state index contributed by atoms with van der Waals surface area (Å²) in [5, 5.41) is 15.8. The number of rotatable bonds is 8. The largest absolute Gasteiger partial charge is 0.493 e. The van der Waals surface area contributed by atoms with Crippen LogP contribution < -0.4 is 15.4 Å². The average Bonchev–Trinajstić information content (AvgIpc) is 3.48. The number of carboxylic acid groups (broad SMARTS) is 1. The Morgan fingerprint density at radius 2 is 1.77 bits per heavy atom. The van der Waals surface area contributed by atoms with Crippen molar-refractivity contribution in [2.45, 2.75) is 109 Å². The second-order valence-corrected chi connectivity index (χ2v) is 14.8. The zero-order chi connectivity index (χ0) is 34.0. The zero-order valence-electron chi connectivity index (χ0n) is 27.9. The molecule has 1 aliphatic carbocycles. The maximum Gasteiger partial charge on any atom is 0.407 e. The molecule has 3 N–H and O–H groups in total. The van der Waals surface area contributed by atoms with Crippen LogP contribution in [0.1, 0.15) is 90.7 Å². The second-order valence-electron chi connectivity index (χ2n) is 14.8. The number of benzene rings is 1. The summed E-state index contributed by atoms with van der Waals surface area (Å²) in [4.78, 5) is 59.4. The van der Waals surface area contributed by atoms with Crippen molar-refractivity contribution >= 4 is 23.8 Å². The fourth-order valence-corrected chi connectivity index (χ4v) is 7.67. The molecule has 11 nitrogen and oxygen atoms in total. The molecular formula is C34H49F2N5O6. The third kappa shape index (κ3) is 7.98. The summed E-state index contributed by atoms with van der Waals surface area (Å²) in [6.45, 7) is 8.90. The van der Waals surface area contributed by atoms with Gasteiger partial charge in [0.2, 0.25) is 17.7 Å². The van der Waals surface area contributed by atoms with E-state index in [4.69, 9.17) is 4.74 Å². The second kappa shape index (κ2) is 14.3. The standard InChI is InChI=1S/C34H49F2N5O6/c1-20(41(33(45)46)19-34(2,3)4)30(42)38-29(21-9-6-5-7-10-21)32(44)40-17-23-11-8-13-39(23)18-26(40)31(43)37-25-12-14-47-27-16-22(35)15-24(36)28(25)27/h15-16,20-21,23,25-26,29H,5-14,17-19H2,1-4H3,(H,37,43)(H,38,42)(H,45,46)/t20-,23+,25+,26-,29-/m0/s1. The minimum atomic E-state index is -1.22. The molecule has 260 valence electrons. The first-order valence-electron chi connectivity index (χ1n) is 17.0. The van der Waals surface area contributed by atoms with Gasteiger partial charge in [0, 0.05) is 44.2 Å². The Kier molecular flexibility index (Phi) is 10.6. The van der Waals surface area contributed by atoms with E-state index in [9.17, 15) is 33.1 Å². The summed E-state index contributed by atoms with van der Waals surface area (Å²) in [5.74, 6) is -3.06. The van der Waals surface area contributed by atoms with E-state index in [1.807, 2.05) is 20.8 Å². The number of carbonyl (C=O) groups excluding carboxylic acids is 3. The predicted molar refractivity (Wildman–Crippen MR) is 170 cm³/mol. The maximum absolute atomic E-state index is 14.9. The molecular weight excluding hydrogens is 612 g/mol. The number of nitrogens with zero attached hydrogens (tertiary/aromatic N) is 3. The summed E-state index contributed by atoms with van der Waals surface area (Å²) >= 11 is 0. The molecule has 1 saturated carbocycles. The Balaban J connectivity index is 1.40. The topological polar surface area (TPSA) is 132 Å². The molecule has 5 atom stereocenters. The molecule has 0 bridgehead atoms. The SMILES string of the molecule is C[C@@H](C(=O)N[C@H](C(=O)N1C[C@H]2CCCN2C[C@H]1C(=O)N[C@@H]1CCOc2cc(F)cc(F)c21)C1CCCCC1)N(CC(C)(C)C)C(=O)O. The van der Waals surface area contributed by atoms with E-state index in [-0.39, 0.29) is 48.8 Å². The fourth-order valence-electron chi connectivity index (χ4n) is 7.67. The van der Waals surface area contributed by atoms with Crippen LogP contribution in [0.3, 0.4) is 0 Å². The van der Waals surface area contributed by atoms with Crippen molar-refractivity contribution < 1.29 is 37.8 Å². The van der Waals surface area contributed by atoms with Crippen molar-refractivity contribution in [1.82, 2.24) is 25.3 Å². The molecule has 1 aromatic rings. The van der Waals surface area contributed by atoms with E-state index in [1.165, 1.54) is 6.92 Å². The van der Waals surface area contributed by atoms with Gasteiger partial charge in [-0.15, -0.1) is 0 Å². The Morgan fingerprint density at radius 3 is 2.45 bits per heavy atom. The molecule has 0 aromatic heterocycles. The van der Waals surface area contributed by atoms with Gasteiger partial charge in [-0.05, 0) is 50.5 Å². The van der Waals surface area contributed by atoms with Crippen molar-refractivity contribution in [3.05, 3.63) is 29.3 Å². The third-order valence-corrected chi connectivity index (χ3v) is 10.1. The summed E-state index contributed by atoms with van der Waals surface area (Å²) < 4.78 is 34.3. The van der Waals surface area contributed by atoms with E-state index in [2.05, 4.69) is 15.5 Å². The minimum absolute atomic E-state index is 0.0475. The summed E-state index contributed by atoms with van der Waals surface area (Å²) in [6, 6.07) is -1.68. The summed E-state index contributed by atoms with van der Waals surface area (Å²) in [6.07, 6.45) is 5.16. The van der Waals surface area contributed by atoms with Crippen molar-refractivity contribution in [2.75, 3.05) is 32.8 Å². The number of amides is 4. The van der Waals surface area contributed by atoms with E-state index >= 15 is 0 Å². The van der Waals surface area contributed by atoms with Crippen LogP contribution in [-0.2, 0) is 14.4 Å². The number of hydrogen-bond donors (Lipinski definition) is 3. The van der Waals surface area contributed by atoms with Crippen LogP contribution in [0.25, 0.3) is 0 Å². The smallest absolute Gasteiger partial charge is 0.407 e. The van der Waals surface area contributed by atoms with Crippen LogP contribution in [0.5, 0.6) is 5.75 Å². The zero-order valence-corrected chi connectivity index (χ0v) is 27.9. The van der Waals surface area contributed by atoms with Crippen molar-refractivity contribution in [2.24, 2.45) is 11.3 Å². The van der Waals surface area contributed by atoms with Crippen LogP contribution >= 0.6 is 0 Å². The van der Waals surface area contributed by atoms with Gasteiger partial charge in [0.05, 0.1) is 18.2 Å². The Morgan fingerprint density at radius 1 is 1.04 bits per heavy atom. The highest BCUT2D eigenvalue weighted by molar-refractivity contribution is 5.94. The Bertz CT molecular complexity index is 1350. The highest BCUT2D eigenvalue weighted by atomic mass is 19.1. The third-order valence-electron chi connectivity index (χ3n) is 10.1. The van der Waals surface area contributed by atoms with Gasteiger partial charge in [-0.3, -0.25) is 24.2 Å². The first-order valence-corrected chi connectivity index (χ1v) is 17.0. The van der Waals surface area contributed by atoms with E-state index in [0.717, 1.165) is 68.5 Å². The van der Waals surface area contributed by atoms with Crippen molar-refractivity contribution in [1.29, 1.82) is 0 Å². The molecule has 13 heteroatoms. The summed E-state index contributed by atoms with van der Waals surface area (Å²) in [5.41, 5.74) is -0.312. The van der Waals surface area contributed by atoms with Crippen LogP contribution in [0, 0.1) is 23.0 Å². The first kappa shape index (κ1) is 34.8. The molecule has 1 aromatic carbocycles. The van der Waals surface area contributed by atoms with Gasteiger partial charge in [0.25, 0.3) is 0 Å². The highest BCUT2D eigenvalue weighted by Crippen LogP contribution is 2.36. The number of piperazine rings is 1. The number of fused-ring (bicyclic) bond motifs is 2.